The second-order valence-corrected chi connectivity index (χ2v) is 6.02. The van der Waals surface area contributed by atoms with Gasteiger partial charge in [-0.05, 0) is 51.5 Å². The molecule has 1 amide bonds. The van der Waals surface area contributed by atoms with Gasteiger partial charge in [0.1, 0.15) is 0 Å². The average Bonchev–Trinajstić information content (AvgIpc) is 2.48. The van der Waals surface area contributed by atoms with E-state index in [1.165, 1.54) is 18.5 Å². The third-order valence-electron chi connectivity index (χ3n) is 3.62. The Morgan fingerprint density at radius 3 is 2.33 bits per heavy atom. The van der Waals surface area contributed by atoms with Crippen LogP contribution in [0.2, 0.25) is 0 Å². The molecule has 4 nitrogen and oxygen atoms in total. The van der Waals surface area contributed by atoms with E-state index >= 15 is 0 Å². The van der Waals surface area contributed by atoms with Crippen LogP contribution in [0.3, 0.4) is 0 Å². The van der Waals surface area contributed by atoms with Crippen LogP contribution in [0.5, 0.6) is 0 Å². The molecule has 0 aliphatic carbocycles. The van der Waals surface area contributed by atoms with E-state index in [9.17, 15) is 4.79 Å². The third kappa shape index (κ3) is 5.38. The van der Waals surface area contributed by atoms with Crippen LogP contribution in [0.15, 0.2) is 24.3 Å². The molecule has 0 aromatic heterocycles. The van der Waals surface area contributed by atoms with E-state index in [-0.39, 0.29) is 11.4 Å². The van der Waals surface area contributed by atoms with E-state index in [4.69, 9.17) is 5.73 Å². The van der Waals surface area contributed by atoms with Crippen molar-refractivity contribution in [1.29, 1.82) is 0 Å². The van der Waals surface area contributed by atoms with Gasteiger partial charge in [-0.2, -0.15) is 0 Å². The Labute approximate surface area is 128 Å². The Balaban J connectivity index is 2.75. The Morgan fingerprint density at radius 1 is 1.24 bits per heavy atom. The summed E-state index contributed by atoms with van der Waals surface area (Å²) in [5.41, 5.74) is 7.10. The number of amides is 1. The fourth-order valence-electron chi connectivity index (χ4n) is 2.07. The van der Waals surface area contributed by atoms with E-state index in [0.717, 1.165) is 13.1 Å². The van der Waals surface area contributed by atoms with Crippen LogP contribution < -0.4 is 16.0 Å². The number of anilines is 1. The topological polar surface area (TPSA) is 58.4 Å². The lowest BCUT2D eigenvalue weighted by atomic mass is 10.0. The van der Waals surface area contributed by atoms with Crippen LogP contribution in [0, 0.1) is 0 Å². The molecule has 0 heterocycles. The fourth-order valence-corrected chi connectivity index (χ4v) is 2.07. The van der Waals surface area contributed by atoms with Crippen LogP contribution in [0.25, 0.3) is 0 Å². The molecule has 0 fully saturated rings. The normalized spacial score (nSPS) is 11.3. The van der Waals surface area contributed by atoms with Gasteiger partial charge in [-0.3, -0.25) is 4.79 Å². The Hall–Kier alpha value is -1.55. The van der Waals surface area contributed by atoms with Gasteiger partial charge in [0.25, 0.3) is 5.91 Å². The number of carbonyl (C=O) groups is 1. The van der Waals surface area contributed by atoms with E-state index in [2.05, 4.69) is 24.1 Å². The summed E-state index contributed by atoms with van der Waals surface area (Å²) in [6.07, 6.45) is 2.37. The first kappa shape index (κ1) is 17.5. The quantitative estimate of drug-likeness (QED) is 0.774. The SMILES string of the molecule is CCCCN(CC)c1ccc(C(=O)NC(C)(C)CN)cc1. The molecule has 0 radical (unpaired) electrons. The summed E-state index contributed by atoms with van der Waals surface area (Å²) in [6, 6.07) is 7.80. The summed E-state index contributed by atoms with van der Waals surface area (Å²) in [4.78, 5) is 14.5. The number of unbranched alkanes of at least 4 members (excludes halogenated alkanes) is 1. The molecule has 0 atom stereocenters. The van der Waals surface area contributed by atoms with Crippen LogP contribution in [0.1, 0.15) is 50.9 Å². The number of nitrogens with two attached hydrogens (primary N) is 1. The first-order chi connectivity index (χ1) is 9.93. The van der Waals surface area contributed by atoms with Crippen molar-refractivity contribution in [3.05, 3.63) is 29.8 Å². The molecule has 0 saturated heterocycles. The molecule has 4 heteroatoms. The monoisotopic (exact) mass is 291 g/mol. The third-order valence-corrected chi connectivity index (χ3v) is 3.62. The number of rotatable bonds is 8. The van der Waals surface area contributed by atoms with Gasteiger partial charge in [0, 0.05) is 36.4 Å². The molecular formula is C17H29N3O. The van der Waals surface area contributed by atoms with Crippen molar-refractivity contribution in [2.24, 2.45) is 5.73 Å². The van der Waals surface area contributed by atoms with Crippen LogP contribution in [-0.2, 0) is 0 Å². The zero-order valence-electron chi connectivity index (χ0n) is 13.8. The van der Waals surface area contributed by atoms with Crippen LogP contribution in [-0.4, -0.2) is 31.1 Å². The average molecular weight is 291 g/mol. The number of benzene rings is 1. The molecule has 1 aromatic rings. The van der Waals surface area contributed by atoms with Gasteiger partial charge in [-0.1, -0.05) is 13.3 Å². The minimum atomic E-state index is -0.383. The second kappa shape index (κ2) is 8.03. The molecule has 0 bridgehead atoms. The molecule has 0 spiro atoms. The number of hydrogen-bond donors (Lipinski definition) is 2. The Morgan fingerprint density at radius 2 is 1.86 bits per heavy atom. The molecule has 0 aliphatic heterocycles. The van der Waals surface area contributed by atoms with Crippen molar-refractivity contribution < 1.29 is 4.79 Å². The zero-order chi connectivity index (χ0) is 15.9. The molecule has 0 unspecified atom stereocenters. The first-order valence-corrected chi connectivity index (χ1v) is 7.81. The van der Waals surface area contributed by atoms with Crippen molar-refractivity contribution in [3.8, 4) is 0 Å². The minimum Gasteiger partial charge on any atom is -0.372 e. The van der Waals surface area contributed by atoms with E-state index in [0.29, 0.717) is 12.1 Å². The maximum atomic E-state index is 12.2. The highest BCUT2D eigenvalue weighted by Crippen LogP contribution is 2.16. The summed E-state index contributed by atoms with van der Waals surface area (Å²) >= 11 is 0. The van der Waals surface area contributed by atoms with Crippen molar-refractivity contribution in [1.82, 2.24) is 5.32 Å². The van der Waals surface area contributed by atoms with E-state index in [1.807, 2.05) is 38.1 Å². The van der Waals surface area contributed by atoms with Gasteiger partial charge in [0.05, 0.1) is 0 Å². The lowest BCUT2D eigenvalue weighted by Crippen LogP contribution is -2.48. The van der Waals surface area contributed by atoms with Crippen molar-refractivity contribution in [2.45, 2.75) is 46.1 Å². The zero-order valence-corrected chi connectivity index (χ0v) is 13.8. The largest absolute Gasteiger partial charge is 0.372 e. The Kier molecular flexibility index (Phi) is 6.69. The summed E-state index contributed by atoms with van der Waals surface area (Å²) in [6.45, 7) is 10.6. The van der Waals surface area contributed by atoms with E-state index in [1.54, 1.807) is 0 Å². The maximum Gasteiger partial charge on any atom is 0.251 e. The standard InChI is InChI=1S/C17H29N3O/c1-5-7-12-20(6-2)15-10-8-14(9-11-15)16(21)19-17(3,4)13-18/h8-11H,5-7,12-13,18H2,1-4H3,(H,19,21). The highest BCUT2D eigenvalue weighted by molar-refractivity contribution is 5.95. The summed E-state index contributed by atoms with van der Waals surface area (Å²) in [5.74, 6) is -0.0754. The number of nitrogens with zero attached hydrogens (tertiary/aromatic N) is 1. The molecular weight excluding hydrogens is 262 g/mol. The van der Waals surface area contributed by atoms with Gasteiger partial charge >= 0.3 is 0 Å². The maximum absolute atomic E-state index is 12.2. The predicted molar refractivity (Wildman–Crippen MR) is 89.8 cm³/mol. The highest BCUT2D eigenvalue weighted by atomic mass is 16.1. The van der Waals surface area contributed by atoms with Crippen LogP contribution >= 0.6 is 0 Å². The lowest BCUT2D eigenvalue weighted by molar-refractivity contribution is 0.0916. The van der Waals surface area contributed by atoms with Gasteiger partial charge < -0.3 is 16.0 Å². The van der Waals surface area contributed by atoms with Crippen molar-refractivity contribution in [3.63, 3.8) is 0 Å². The van der Waals surface area contributed by atoms with Crippen LogP contribution in [0.4, 0.5) is 5.69 Å². The predicted octanol–water partition coefficient (Wildman–Crippen LogP) is 2.78. The summed E-state index contributed by atoms with van der Waals surface area (Å²) in [7, 11) is 0. The van der Waals surface area contributed by atoms with Gasteiger partial charge in [-0.15, -0.1) is 0 Å². The van der Waals surface area contributed by atoms with Gasteiger partial charge in [0.15, 0.2) is 0 Å². The molecule has 21 heavy (non-hydrogen) atoms. The first-order valence-electron chi connectivity index (χ1n) is 7.81. The van der Waals surface area contributed by atoms with Gasteiger partial charge in [-0.25, -0.2) is 0 Å². The smallest absolute Gasteiger partial charge is 0.251 e. The summed E-state index contributed by atoms with van der Waals surface area (Å²) < 4.78 is 0. The fraction of sp³-hybridized carbons (Fsp3) is 0.588. The van der Waals surface area contributed by atoms with Crippen molar-refractivity contribution in [2.75, 3.05) is 24.5 Å². The van der Waals surface area contributed by atoms with E-state index < -0.39 is 0 Å². The Bertz CT molecular complexity index is 440. The minimum absolute atomic E-state index is 0.0754. The summed E-state index contributed by atoms with van der Waals surface area (Å²) in [5, 5.41) is 2.94. The molecule has 1 aromatic carbocycles. The number of carbonyl (C=O) groups excluding carboxylic acids is 1. The molecule has 1 rings (SSSR count). The van der Waals surface area contributed by atoms with Gasteiger partial charge in [0.2, 0.25) is 0 Å². The number of hydrogen-bond acceptors (Lipinski definition) is 3. The molecule has 3 N–H and O–H groups in total. The lowest BCUT2D eigenvalue weighted by Gasteiger charge is -2.25. The molecule has 118 valence electrons. The highest BCUT2D eigenvalue weighted by Gasteiger charge is 2.19. The van der Waals surface area contributed by atoms with Crippen molar-refractivity contribution >= 4 is 11.6 Å². The number of nitrogens with one attached hydrogen (secondary N) is 1. The molecule has 0 saturated carbocycles. The second-order valence-electron chi connectivity index (χ2n) is 6.02. The molecule has 0 aliphatic rings.